The Kier molecular flexibility index (Phi) is 8.81. The van der Waals surface area contributed by atoms with E-state index in [4.69, 9.17) is 4.99 Å². The summed E-state index contributed by atoms with van der Waals surface area (Å²) in [6.07, 6.45) is 1.72. The van der Waals surface area contributed by atoms with Crippen molar-refractivity contribution in [2.24, 2.45) is 4.99 Å². The minimum atomic E-state index is -0.0112. The average molecular weight is 718 g/mol. The summed E-state index contributed by atoms with van der Waals surface area (Å²) >= 11 is 1.94. The lowest BCUT2D eigenvalue weighted by atomic mass is 9.35. The number of aliphatic imine (C=N–C) groups is 1. The Morgan fingerprint density at radius 2 is 1.08 bits per heavy atom. The van der Waals surface area contributed by atoms with Gasteiger partial charge in [0.1, 0.15) is 5.84 Å². The molecule has 2 aliphatic rings. The summed E-state index contributed by atoms with van der Waals surface area (Å²) < 4.78 is 2.67. The fraction of sp³-hybridized carbons (Fsp3) is 0.354. The summed E-state index contributed by atoms with van der Waals surface area (Å²) in [5.74, 6) is 0.928. The predicted octanol–water partition coefficient (Wildman–Crippen LogP) is 12.4. The van der Waals surface area contributed by atoms with Gasteiger partial charge in [0.15, 0.2) is 0 Å². The zero-order valence-electron chi connectivity index (χ0n) is 34.2. The molecular formula is C48H56BN3S. The van der Waals surface area contributed by atoms with Crippen molar-refractivity contribution in [3.8, 4) is 0 Å². The number of amidine groups is 1. The molecule has 0 N–H and O–H groups in total. The molecule has 0 spiro atoms. The van der Waals surface area contributed by atoms with Crippen LogP contribution < -0.4 is 20.0 Å². The Labute approximate surface area is 323 Å². The molecule has 4 aromatic carbocycles. The molecule has 7 rings (SSSR count). The number of fused-ring (bicyclic) bond motifs is 7. The molecule has 272 valence electrons. The van der Waals surface area contributed by atoms with Gasteiger partial charge in [0.05, 0.1) is 5.69 Å². The maximum Gasteiger partial charge on any atom is 0.266 e. The molecule has 3 heterocycles. The van der Waals surface area contributed by atoms with Crippen LogP contribution in [0.5, 0.6) is 0 Å². The molecular weight excluding hydrogens is 661 g/mol. The van der Waals surface area contributed by atoms with Crippen molar-refractivity contribution < 1.29 is 0 Å². The Morgan fingerprint density at radius 3 is 1.58 bits per heavy atom. The monoisotopic (exact) mass is 717 g/mol. The van der Waals surface area contributed by atoms with Crippen molar-refractivity contribution in [2.45, 2.75) is 112 Å². The number of anilines is 4. The lowest BCUT2D eigenvalue weighted by Gasteiger charge is -2.44. The lowest BCUT2D eigenvalue weighted by molar-refractivity contribution is 0.590. The zero-order valence-corrected chi connectivity index (χ0v) is 35.0. The Hall–Kier alpha value is -4.35. The fourth-order valence-electron chi connectivity index (χ4n) is 7.92. The van der Waals surface area contributed by atoms with Crippen LogP contribution in [0.1, 0.15) is 112 Å². The third kappa shape index (κ3) is 6.39. The van der Waals surface area contributed by atoms with Crippen LogP contribution in [-0.2, 0) is 21.7 Å². The molecule has 5 heteroatoms. The van der Waals surface area contributed by atoms with Crippen LogP contribution in [0.15, 0.2) is 114 Å². The topological polar surface area (TPSA) is 18.8 Å². The average Bonchev–Trinajstić information content (AvgIpc) is 3.45. The van der Waals surface area contributed by atoms with Crippen LogP contribution in [0.3, 0.4) is 0 Å². The maximum absolute atomic E-state index is 5.19. The highest BCUT2D eigenvalue weighted by Crippen LogP contribution is 2.47. The molecule has 0 unspecified atom stereocenters. The van der Waals surface area contributed by atoms with Crippen molar-refractivity contribution in [2.75, 3.05) is 9.80 Å². The Bertz CT molecular complexity index is 2290. The maximum atomic E-state index is 5.19. The number of nitrogens with zero attached hydrogens (tertiary/aromatic N) is 3. The molecule has 0 aliphatic carbocycles. The van der Waals surface area contributed by atoms with Gasteiger partial charge in [-0.05, 0) is 104 Å². The lowest BCUT2D eigenvalue weighted by Crippen LogP contribution is -2.58. The molecule has 3 nitrogen and oxygen atoms in total. The Morgan fingerprint density at radius 1 is 0.604 bits per heavy atom. The van der Waals surface area contributed by atoms with E-state index in [0.29, 0.717) is 0 Å². The summed E-state index contributed by atoms with van der Waals surface area (Å²) in [4.78, 5) is 10.1. The largest absolute Gasteiger partial charge is 0.314 e. The number of allylic oxidation sites excluding steroid dienone is 1. The van der Waals surface area contributed by atoms with E-state index >= 15 is 0 Å². The van der Waals surface area contributed by atoms with E-state index in [1.54, 1.807) is 6.20 Å². The van der Waals surface area contributed by atoms with Crippen LogP contribution in [0.4, 0.5) is 22.7 Å². The summed E-state index contributed by atoms with van der Waals surface area (Å²) in [5, 5.41) is 1.31. The number of thiophene rings is 1. The van der Waals surface area contributed by atoms with Crippen molar-refractivity contribution in [1.82, 2.24) is 0 Å². The van der Waals surface area contributed by atoms with Crippen LogP contribution in [-0.4, -0.2) is 12.5 Å². The van der Waals surface area contributed by atoms with Crippen molar-refractivity contribution in [3.63, 3.8) is 0 Å². The first-order valence-electron chi connectivity index (χ1n) is 19.1. The van der Waals surface area contributed by atoms with Crippen molar-refractivity contribution in [1.29, 1.82) is 0 Å². The minimum absolute atomic E-state index is 0.00619. The van der Waals surface area contributed by atoms with Gasteiger partial charge in [-0.3, -0.25) is 4.90 Å². The second-order valence-corrected chi connectivity index (χ2v) is 20.2. The predicted molar refractivity (Wildman–Crippen MR) is 236 cm³/mol. The standard InChI is InChI=1S/C48H56BN3S/c1-15-50-44-41-30(2)51(35-22-16-31(17-23-35)45(3,4)5)42-37-28-33(47(9,10)11)21-27-40(37)53-43(42)49(41)38-29-34(48(12,13)14)20-26-39(38)52(44)36-24-18-32(19-25-36)46(6,7)8/h15-29H,1H2,2-14H3/b50-44+. The number of benzene rings is 4. The Balaban J connectivity index is 1.59. The second-order valence-electron chi connectivity index (χ2n) is 19.1. The van der Waals surface area contributed by atoms with Gasteiger partial charge in [-0.25, -0.2) is 4.99 Å². The first-order chi connectivity index (χ1) is 24.7. The van der Waals surface area contributed by atoms with Gasteiger partial charge in [0.25, 0.3) is 6.71 Å². The molecule has 0 saturated heterocycles. The van der Waals surface area contributed by atoms with Gasteiger partial charge < -0.3 is 4.90 Å². The highest BCUT2D eigenvalue weighted by molar-refractivity contribution is 7.33. The van der Waals surface area contributed by atoms with E-state index in [9.17, 15) is 0 Å². The molecule has 53 heavy (non-hydrogen) atoms. The fourth-order valence-corrected chi connectivity index (χ4v) is 9.22. The van der Waals surface area contributed by atoms with E-state index in [2.05, 4.69) is 191 Å². The summed E-state index contributed by atoms with van der Waals surface area (Å²) in [5.41, 5.74) is 13.9. The van der Waals surface area contributed by atoms with Gasteiger partial charge in [-0.2, -0.15) is 0 Å². The zero-order chi connectivity index (χ0) is 38.4. The minimum Gasteiger partial charge on any atom is -0.314 e. The third-order valence-electron chi connectivity index (χ3n) is 11.1. The molecule has 0 radical (unpaired) electrons. The smallest absolute Gasteiger partial charge is 0.266 e. The third-order valence-corrected chi connectivity index (χ3v) is 12.4. The van der Waals surface area contributed by atoms with Crippen molar-refractivity contribution in [3.05, 3.63) is 131 Å². The van der Waals surface area contributed by atoms with Gasteiger partial charge in [0, 0.05) is 43.8 Å². The highest BCUT2D eigenvalue weighted by atomic mass is 32.1. The van der Waals surface area contributed by atoms with Crippen LogP contribution in [0.25, 0.3) is 10.1 Å². The van der Waals surface area contributed by atoms with E-state index in [0.717, 1.165) is 17.2 Å². The highest BCUT2D eigenvalue weighted by Gasteiger charge is 2.47. The van der Waals surface area contributed by atoms with Crippen LogP contribution in [0, 0.1) is 0 Å². The molecule has 0 atom stereocenters. The van der Waals surface area contributed by atoms with Gasteiger partial charge >= 0.3 is 0 Å². The van der Waals surface area contributed by atoms with E-state index in [1.807, 2.05) is 11.3 Å². The first kappa shape index (κ1) is 37.0. The second kappa shape index (κ2) is 12.6. The summed E-state index contributed by atoms with van der Waals surface area (Å²) in [6.45, 7) is 34.0. The van der Waals surface area contributed by atoms with Gasteiger partial charge in [0.2, 0.25) is 0 Å². The van der Waals surface area contributed by atoms with Crippen molar-refractivity contribution >= 4 is 67.0 Å². The SMILES string of the molecule is C=C/N=C1\C2=C(C)N(c3ccc(C(C)(C)C)cc3)c3c(sc4ccc(C(C)(C)C)cc34)B2c2cc(C(C)(C)C)ccc2N1c1ccc(C(C)(C)C)cc1. The van der Waals surface area contributed by atoms with Gasteiger partial charge in [-0.15, -0.1) is 11.3 Å². The molecule has 0 fully saturated rings. The van der Waals surface area contributed by atoms with Gasteiger partial charge in [-0.1, -0.05) is 132 Å². The molecule has 2 aliphatic heterocycles. The van der Waals surface area contributed by atoms with Crippen LogP contribution >= 0.6 is 11.3 Å². The molecule has 1 aromatic heterocycles. The molecule has 0 amide bonds. The molecule has 0 saturated carbocycles. The number of rotatable bonds is 3. The normalized spacial score (nSPS) is 15.9. The van der Waals surface area contributed by atoms with E-state index in [1.165, 1.54) is 65.1 Å². The quantitative estimate of drug-likeness (QED) is 0.173. The van der Waals surface area contributed by atoms with E-state index < -0.39 is 0 Å². The van der Waals surface area contributed by atoms with Crippen LogP contribution in [0.2, 0.25) is 0 Å². The number of hydrogen-bond acceptors (Lipinski definition) is 3. The van der Waals surface area contributed by atoms with E-state index in [-0.39, 0.29) is 28.4 Å². The number of hydrogen-bond donors (Lipinski definition) is 0. The molecule has 0 bridgehead atoms. The first-order valence-corrected chi connectivity index (χ1v) is 19.9. The summed E-state index contributed by atoms with van der Waals surface area (Å²) in [6, 6.07) is 32.6. The molecule has 5 aromatic rings. The summed E-state index contributed by atoms with van der Waals surface area (Å²) in [7, 11) is 0.